The topological polar surface area (TPSA) is 45.9 Å². The largest absolute Gasteiger partial charge is 0.454 e. The highest BCUT2D eigenvalue weighted by Gasteiger charge is 2.32. The van der Waals surface area contributed by atoms with Crippen molar-refractivity contribution in [2.75, 3.05) is 0 Å². The van der Waals surface area contributed by atoms with Gasteiger partial charge in [-0.3, -0.25) is 0 Å². The molecule has 0 amide bonds. The normalized spacial score (nSPS) is 11.0. The quantitative estimate of drug-likeness (QED) is 0.805. The van der Waals surface area contributed by atoms with Crippen molar-refractivity contribution >= 4 is 11.6 Å². The molecule has 0 radical (unpaired) electrons. The number of hydrogen-bond donors (Lipinski definition) is 0. The van der Waals surface area contributed by atoms with Gasteiger partial charge in [0.2, 0.25) is 0 Å². The van der Waals surface area contributed by atoms with Gasteiger partial charge < -0.3 is 4.74 Å². The van der Waals surface area contributed by atoms with E-state index in [-0.39, 0.29) is 11.4 Å². The summed E-state index contributed by atoms with van der Waals surface area (Å²) in [5.74, 6) is 0.0507. The second kappa shape index (κ2) is 5.62. The van der Waals surface area contributed by atoms with Crippen molar-refractivity contribution in [1.82, 2.24) is 4.98 Å². The summed E-state index contributed by atoms with van der Waals surface area (Å²) in [6.07, 6.45) is -3.96. The third-order valence-electron chi connectivity index (χ3n) is 2.64. The zero-order valence-electron chi connectivity index (χ0n) is 10.7. The molecule has 0 aliphatic heterocycles. The minimum Gasteiger partial charge on any atom is -0.454 e. The fourth-order valence-corrected chi connectivity index (χ4v) is 1.83. The van der Waals surface area contributed by atoms with E-state index in [4.69, 9.17) is 21.6 Å². The molecule has 0 saturated carbocycles. The van der Waals surface area contributed by atoms with Crippen LogP contribution in [0.2, 0.25) is 5.02 Å². The molecule has 0 N–H and O–H groups in total. The second-order valence-electron chi connectivity index (χ2n) is 4.19. The lowest BCUT2D eigenvalue weighted by Crippen LogP contribution is -2.07. The van der Waals surface area contributed by atoms with Gasteiger partial charge in [0.05, 0.1) is 5.56 Å². The van der Waals surface area contributed by atoms with Gasteiger partial charge in [-0.15, -0.1) is 0 Å². The number of ether oxygens (including phenoxy) is 1. The highest BCUT2D eigenvalue weighted by atomic mass is 35.5. The van der Waals surface area contributed by atoms with Gasteiger partial charge in [-0.25, -0.2) is 4.98 Å². The molecule has 0 aliphatic carbocycles. The second-order valence-corrected chi connectivity index (χ2v) is 4.63. The van der Waals surface area contributed by atoms with Crippen LogP contribution in [-0.4, -0.2) is 4.98 Å². The molecule has 3 nitrogen and oxygen atoms in total. The first-order valence-electron chi connectivity index (χ1n) is 5.72. The summed E-state index contributed by atoms with van der Waals surface area (Å²) >= 11 is 5.79. The third-order valence-corrected chi connectivity index (χ3v) is 2.88. The zero-order chi connectivity index (χ0) is 15.6. The predicted octanol–water partition coefficient (Wildman–Crippen LogP) is 4.73. The first kappa shape index (κ1) is 15.1. The number of benzene rings is 1. The Morgan fingerprint density at radius 3 is 2.52 bits per heavy atom. The van der Waals surface area contributed by atoms with E-state index in [1.54, 1.807) is 19.1 Å². The molecule has 1 aromatic heterocycles. The number of nitrogens with zero attached hydrogens (tertiary/aromatic N) is 2. The van der Waals surface area contributed by atoms with E-state index in [0.717, 1.165) is 6.07 Å². The van der Waals surface area contributed by atoms with E-state index in [9.17, 15) is 13.2 Å². The molecular formula is C14H8ClF3N2O. The molecule has 0 spiro atoms. The van der Waals surface area contributed by atoms with Crippen LogP contribution in [0.3, 0.4) is 0 Å². The van der Waals surface area contributed by atoms with Crippen molar-refractivity contribution in [3.63, 3.8) is 0 Å². The van der Waals surface area contributed by atoms with Gasteiger partial charge in [0.1, 0.15) is 11.8 Å². The number of rotatable bonds is 2. The van der Waals surface area contributed by atoms with Gasteiger partial charge in [0.25, 0.3) is 0 Å². The molecule has 2 aromatic rings. The minimum absolute atomic E-state index is 0.225. The van der Waals surface area contributed by atoms with Crippen molar-refractivity contribution in [3.05, 3.63) is 52.3 Å². The molecule has 0 aliphatic rings. The van der Waals surface area contributed by atoms with Crippen LogP contribution < -0.4 is 4.74 Å². The average Bonchev–Trinajstić information content (AvgIpc) is 2.41. The number of alkyl halides is 3. The Kier molecular flexibility index (Phi) is 4.05. The number of hydrogen-bond acceptors (Lipinski definition) is 3. The fraction of sp³-hybridized carbons (Fsp3) is 0.143. The van der Waals surface area contributed by atoms with Crippen LogP contribution in [-0.2, 0) is 6.18 Å². The molecule has 21 heavy (non-hydrogen) atoms. The van der Waals surface area contributed by atoms with Crippen LogP contribution in [0, 0.1) is 18.3 Å². The summed E-state index contributed by atoms with van der Waals surface area (Å²) in [7, 11) is 0. The summed E-state index contributed by atoms with van der Waals surface area (Å²) in [5.41, 5.74) is -0.579. The maximum absolute atomic E-state index is 12.7. The molecular weight excluding hydrogens is 305 g/mol. The highest BCUT2D eigenvalue weighted by molar-refractivity contribution is 6.30. The van der Waals surface area contributed by atoms with Crippen LogP contribution in [0.1, 0.15) is 16.8 Å². The van der Waals surface area contributed by atoms with Gasteiger partial charge in [0, 0.05) is 11.2 Å². The van der Waals surface area contributed by atoms with Crippen molar-refractivity contribution in [2.45, 2.75) is 13.1 Å². The maximum atomic E-state index is 12.7. The summed E-state index contributed by atoms with van der Waals surface area (Å²) in [6, 6.07) is 7.10. The Balaban J connectivity index is 2.45. The van der Waals surface area contributed by atoms with Crippen LogP contribution in [0.25, 0.3) is 0 Å². The monoisotopic (exact) mass is 312 g/mol. The van der Waals surface area contributed by atoms with E-state index < -0.39 is 11.7 Å². The van der Waals surface area contributed by atoms with E-state index in [1.807, 2.05) is 0 Å². The van der Waals surface area contributed by atoms with E-state index in [1.165, 1.54) is 12.1 Å². The number of nitriles is 1. The lowest BCUT2D eigenvalue weighted by Gasteiger charge is -2.12. The molecule has 2 rings (SSSR count). The Hall–Kier alpha value is -2.26. The molecule has 0 fully saturated rings. The van der Waals surface area contributed by atoms with Crippen molar-refractivity contribution in [2.24, 2.45) is 0 Å². The van der Waals surface area contributed by atoms with Gasteiger partial charge in [0.15, 0.2) is 11.4 Å². The van der Waals surface area contributed by atoms with Crippen LogP contribution in [0.15, 0.2) is 30.5 Å². The molecule has 1 aromatic carbocycles. The third kappa shape index (κ3) is 3.44. The Labute approximate surface area is 123 Å². The van der Waals surface area contributed by atoms with Gasteiger partial charge in [-0.1, -0.05) is 11.6 Å². The first-order chi connectivity index (χ1) is 9.81. The molecule has 0 atom stereocenters. The summed E-state index contributed by atoms with van der Waals surface area (Å²) < 4.78 is 43.4. The standard InChI is InChI=1S/C14H8ClF3N2O/c1-8-4-10(15)2-3-12(8)21-13-5-9(14(16,17)18)7-20-11(13)6-19/h2-5,7H,1H3. The zero-order valence-corrected chi connectivity index (χ0v) is 11.5. The lowest BCUT2D eigenvalue weighted by molar-refractivity contribution is -0.137. The Bertz CT molecular complexity index is 723. The van der Waals surface area contributed by atoms with Crippen molar-refractivity contribution < 1.29 is 17.9 Å². The Morgan fingerprint density at radius 2 is 1.95 bits per heavy atom. The minimum atomic E-state index is -4.56. The molecule has 0 unspecified atom stereocenters. The van der Waals surface area contributed by atoms with Gasteiger partial charge >= 0.3 is 6.18 Å². The van der Waals surface area contributed by atoms with Crippen LogP contribution in [0.5, 0.6) is 11.5 Å². The first-order valence-corrected chi connectivity index (χ1v) is 6.10. The highest BCUT2D eigenvalue weighted by Crippen LogP contribution is 2.34. The molecule has 1 heterocycles. The summed E-state index contributed by atoms with van der Waals surface area (Å²) in [4.78, 5) is 3.47. The van der Waals surface area contributed by atoms with Gasteiger partial charge in [-0.05, 0) is 36.8 Å². The van der Waals surface area contributed by atoms with Gasteiger partial charge in [-0.2, -0.15) is 18.4 Å². The molecule has 7 heteroatoms. The van der Waals surface area contributed by atoms with E-state index in [0.29, 0.717) is 22.5 Å². The van der Waals surface area contributed by atoms with Crippen molar-refractivity contribution in [1.29, 1.82) is 5.26 Å². The smallest absolute Gasteiger partial charge is 0.418 e. The SMILES string of the molecule is Cc1cc(Cl)ccc1Oc1cc(C(F)(F)F)cnc1C#N. The van der Waals surface area contributed by atoms with Crippen molar-refractivity contribution in [3.8, 4) is 17.6 Å². The number of aryl methyl sites for hydroxylation is 1. The number of halogens is 4. The van der Waals surface area contributed by atoms with E-state index >= 15 is 0 Å². The molecule has 0 bridgehead atoms. The number of pyridine rings is 1. The fourth-order valence-electron chi connectivity index (χ4n) is 1.61. The maximum Gasteiger partial charge on any atom is 0.418 e. The van der Waals surface area contributed by atoms with E-state index in [2.05, 4.69) is 4.98 Å². The lowest BCUT2D eigenvalue weighted by atomic mass is 10.2. The Morgan fingerprint density at radius 1 is 1.24 bits per heavy atom. The van der Waals surface area contributed by atoms with Crippen LogP contribution >= 0.6 is 11.6 Å². The molecule has 108 valence electrons. The average molecular weight is 313 g/mol. The summed E-state index contributed by atoms with van der Waals surface area (Å²) in [5, 5.41) is 9.38. The predicted molar refractivity (Wildman–Crippen MR) is 70.2 cm³/mol. The molecule has 0 saturated heterocycles. The summed E-state index contributed by atoms with van der Waals surface area (Å²) in [6.45, 7) is 1.69. The number of aromatic nitrogens is 1. The van der Waals surface area contributed by atoms with Crippen LogP contribution in [0.4, 0.5) is 13.2 Å².